The minimum Gasteiger partial charge on any atom is -0.493 e. The van der Waals surface area contributed by atoms with Gasteiger partial charge in [-0.3, -0.25) is 0 Å². The van der Waals surface area contributed by atoms with Crippen LogP contribution >= 0.6 is 0 Å². The molecule has 0 atom stereocenters. The number of hydrogen-bond donors (Lipinski definition) is 1. The zero-order valence-electron chi connectivity index (χ0n) is 13.9. The molecular formula is C19H26N2O2. The molecule has 4 nitrogen and oxygen atoms in total. The van der Waals surface area contributed by atoms with Crippen molar-refractivity contribution in [2.45, 2.75) is 51.1 Å². The van der Waals surface area contributed by atoms with Gasteiger partial charge in [0.1, 0.15) is 0 Å². The highest BCUT2D eigenvalue weighted by Gasteiger charge is 2.40. The summed E-state index contributed by atoms with van der Waals surface area (Å²) in [5.41, 5.74) is 1.23. The highest BCUT2D eigenvalue weighted by Crippen LogP contribution is 2.44. The number of nitrogens with one attached hydrogen (secondary N) is 1. The van der Waals surface area contributed by atoms with Crippen molar-refractivity contribution < 1.29 is 9.47 Å². The van der Waals surface area contributed by atoms with E-state index in [9.17, 15) is 0 Å². The molecule has 1 aromatic carbocycles. The molecule has 0 heterocycles. The molecular weight excluding hydrogens is 288 g/mol. The molecule has 23 heavy (non-hydrogen) atoms. The lowest BCUT2D eigenvalue weighted by Crippen LogP contribution is -2.32. The van der Waals surface area contributed by atoms with Crippen molar-refractivity contribution in [3.63, 3.8) is 0 Å². The number of nitriles is 1. The number of ether oxygens (including phenoxy) is 2. The Balaban J connectivity index is 1.56. The van der Waals surface area contributed by atoms with Crippen LogP contribution in [0.4, 0.5) is 0 Å². The van der Waals surface area contributed by atoms with Crippen LogP contribution in [-0.2, 0) is 6.54 Å². The van der Waals surface area contributed by atoms with E-state index < -0.39 is 0 Å². The molecule has 2 aliphatic rings. The van der Waals surface area contributed by atoms with Gasteiger partial charge in [0.25, 0.3) is 0 Å². The third kappa shape index (κ3) is 4.62. The largest absolute Gasteiger partial charge is 0.493 e. The summed E-state index contributed by atoms with van der Waals surface area (Å²) < 4.78 is 11.2. The minimum atomic E-state index is 0.522. The van der Waals surface area contributed by atoms with Gasteiger partial charge in [0.2, 0.25) is 0 Å². The molecule has 0 aromatic heterocycles. The monoisotopic (exact) mass is 314 g/mol. The van der Waals surface area contributed by atoms with Gasteiger partial charge in [-0.1, -0.05) is 6.07 Å². The van der Waals surface area contributed by atoms with Crippen molar-refractivity contribution in [2.75, 3.05) is 13.7 Å². The molecule has 0 bridgehead atoms. The molecule has 4 heteroatoms. The molecule has 2 saturated carbocycles. The van der Waals surface area contributed by atoms with Gasteiger partial charge in [-0.25, -0.2) is 0 Å². The van der Waals surface area contributed by atoms with Crippen molar-refractivity contribution in [3.8, 4) is 17.6 Å². The van der Waals surface area contributed by atoms with Crippen LogP contribution in [0.1, 0.15) is 44.1 Å². The van der Waals surface area contributed by atoms with E-state index in [0.717, 1.165) is 36.3 Å². The second kappa shape index (κ2) is 7.70. The average molecular weight is 314 g/mol. The average Bonchev–Trinajstić information content (AvgIpc) is 3.46. The Kier molecular flexibility index (Phi) is 5.40. The van der Waals surface area contributed by atoms with Gasteiger partial charge in [-0.2, -0.15) is 5.26 Å². The quantitative estimate of drug-likeness (QED) is 0.670. The van der Waals surface area contributed by atoms with Crippen LogP contribution in [0.25, 0.3) is 0 Å². The first-order valence-corrected chi connectivity index (χ1v) is 8.72. The molecule has 0 unspecified atom stereocenters. The molecule has 124 valence electrons. The summed E-state index contributed by atoms with van der Waals surface area (Å²) in [4.78, 5) is 0. The van der Waals surface area contributed by atoms with Crippen LogP contribution in [0.3, 0.4) is 0 Å². The van der Waals surface area contributed by atoms with E-state index in [4.69, 9.17) is 14.7 Å². The van der Waals surface area contributed by atoms with Gasteiger partial charge in [0, 0.05) is 19.0 Å². The maximum Gasteiger partial charge on any atom is 0.161 e. The molecule has 2 aliphatic carbocycles. The number of benzene rings is 1. The fourth-order valence-electron chi connectivity index (χ4n) is 3.14. The lowest BCUT2D eigenvalue weighted by atomic mass is 10.1. The van der Waals surface area contributed by atoms with E-state index in [1.54, 1.807) is 7.11 Å². The van der Waals surface area contributed by atoms with E-state index in [2.05, 4.69) is 23.5 Å². The summed E-state index contributed by atoms with van der Waals surface area (Å²) in [6, 6.07) is 8.98. The zero-order valence-corrected chi connectivity index (χ0v) is 13.9. The lowest BCUT2D eigenvalue weighted by molar-refractivity contribution is 0.290. The predicted octanol–water partition coefficient (Wildman–Crippen LogP) is 3.66. The summed E-state index contributed by atoms with van der Waals surface area (Å²) >= 11 is 0. The first-order chi connectivity index (χ1) is 11.3. The standard InChI is InChI=1S/C19H26N2O2/c1-22-17-9-4-14(12-18(17)23-11-3-2-10-20)13-21-19(15-5-6-15)16-7-8-16/h4,9,12,15-16,19,21H,2-3,5-8,11,13H2,1H3. The van der Waals surface area contributed by atoms with Gasteiger partial charge in [0.15, 0.2) is 11.5 Å². The van der Waals surface area contributed by atoms with Crippen LogP contribution in [-0.4, -0.2) is 19.8 Å². The molecule has 0 amide bonds. The van der Waals surface area contributed by atoms with Gasteiger partial charge < -0.3 is 14.8 Å². The lowest BCUT2D eigenvalue weighted by Gasteiger charge is -2.18. The normalized spacial score (nSPS) is 17.1. The maximum absolute atomic E-state index is 8.59. The minimum absolute atomic E-state index is 0.522. The first kappa shape index (κ1) is 16.1. The second-order valence-electron chi connectivity index (χ2n) is 6.68. The molecule has 0 radical (unpaired) electrons. The van der Waals surface area contributed by atoms with Crippen molar-refractivity contribution in [3.05, 3.63) is 23.8 Å². The summed E-state index contributed by atoms with van der Waals surface area (Å²) in [5.74, 6) is 3.34. The van der Waals surface area contributed by atoms with Gasteiger partial charge in [-0.05, 0) is 61.6 Å². The predicted molar refractivity (Wildman–Crippen MR) is 89.4 cm³/mol. The number of unbranched alkanes of at least 4 members (excludes halogenated alkanes) is 1. The SMILES string of the molecule is COc1ccc(CNC(C2CC2)C2CC2)cc1OCCCC#N. The highest BCUT2D eigenvalue weighted by molar-refractivity contribution is 5.43. The molecule has 0 aliphatic heterocycles. The molecule has 1 N–H and O–H groups in total. The van der Waals surface area contributed by atoms with Crippen LogP contribution in [0.15, 0.2) is 18.2 Å². The Morgan fingerprint density at radius 2 is 1.96 bits per heavy atom. The smallest absolute Gasteiger partial charge is 0.161 e. The van der Waals surface area contributed by atoms with E-state index in [1.165, 1.54) is 31.2 Å². The number of methoxy groups -OCH3 is 1. The van der Waals surface area contributed by atoms with Gasteiger partial charge in [0.05, 0.1) is 19.8 Å². The topological polar surface area (TPSA) is 54.3 Å². The van der Waals surface area contributed by atoms with Crippen molar-refractivity contribution in [2.24, 2.45) is 11.8 Å². The Hall–Kier alpha value is -1.73. The Bertz CT molecular complexity index is 547. The van der Waals surface area contributed by atoms with Crippen molar-refractivity contribution in [1.82, 2.24) is 5.32 Å². The van der Waals surface area contributed by atoms with Crippen LogP contribution in [0, 0.1) is 23.2 Å². The molecule has 0 spiro atoms. The van der Waals surface area contributed by atoms with E-state index in [-0.39, 0.29) is 0 Å². The molecule has 0 saturated heterocycles. The highest BCUT2D eigenvalue weighted by atomic mass is 16.5. The first-order valence-electron chi connectivity index (χ1n) is 8.72. The maximum atomic E-state index is 8.59. The number of rotatable bonds is 10. The molecule has 1 aromatic rings. The number of nitrogens with zero attached hydrogens (tertiary/aromatic N) is 1. The van der Waals surface area contributed by atoms with Crippen LogP contribution in [0.2, 0.25) is 0 Å². The van der Waals surface area contributed by atoms with Gasteiger partial charge in [-0.15, -0.1) is 0 Å². The Morgan fingerprint density at radius 3 is 2.57 bits per heavy atom. The van der Waals surface area contributed by atoms with Crippen molar-refractivity contribution >= 4 is 0 Å². The van der Waals surface area contributed by atoms with Crippen molar-refractivity contribution in [1.29, 1.82) is 5.26 Å². The number of hydrogen-bond acceptors (Lipinski definition) is 4. The fraction of sp³-hybridized carbons (Fsp3) is 0.632. The summed E-state index contributed by atoms with van der Waals surface area (Å²) in [6.45, 7) is 1.43. The van der Waals surface area contributed by atoms with Crippen LogP contribution in [0.5, 0.6) is 11.5 Å². The Morgan fingerprint density at radius 1 is 1.22 bits per heavy atom. The third-order valence-electron chi connectivity index (χ3n) is 4.72. The third-order valence-corrected chi connectivity index (χ3v) is 4.72. The second-order valence-corrected chi connectivity index (χ2v) is 6.68. The summed E-state index contributed by atoms with van der Waals surface area (Å²) in [7, 11) is 1.66. The van der Waals surface area contributed by atoms with E-state index >= 15 is 0 Å². The van der Waals surface area contributed by atoms with E-state index in [0.29, 0.717) is 19.1 Å². The summed E-state index contributed by atoms with van der Waals surface area (Å²) in [6.07, 6.45) is 6.84. The molecule has 2 fully saturated rings. The van der Waals surface area contributed by atoms with Gasteiger partial charge >= 0.3 is 0 Å². The summed E-state index contributed by atoms with van der Waals surface area (Å²) in [5, 5.41) is 12.4. The van der Waals surface area contributed by atoms with E-state index in [1.807, 2.05) is 6.07 Å². The molecule has 3 rings (SSSR count). The van der Waals surface area contributed by atoms with Crippen LogP contribution < -0.4 is 14.8 Å². The zero-order chi connectivity index (χ0) is 16.1. The fourth-order valence-corrected chi connectivity index (χ4v) is 3.14. The Labute approximate surface area is 138 Å².